The van der Waals surface area contributed by atoms with Gasteiger partial charge in [0, 0.05) is 22.3 Å². The molecule has 3 aromatic rings. The van der Waals surface area contributed by atoms with Crippen LogP contribution in [0.5, 0.6) is 0 Å². The zero-order valence-corrected chi connectivity index (χ0v) is 17.0. The van der Waals surface area contributed by atoms with Crippen LogP contribution in [0.25, 0.3) is 10.1 Å². The molecule has 9 heteroatoms. The standard InChI is InChI=1S/C19H15ClN2O4S2/c1-26-18(25)16-15(20)13-7-6-12(8-14(13)28-16)22-19(27)21-9-10-2-4-11(5-3-10)17(23)24/h2-8H,9H2,1H3,(H,23,24)(H2,21,22,27). The molecule has 28 heavy (non-hydrogen) atoms. The summed E-state index contributed by atoms with van der Waals surface area (Å²) in [5.41, 5.74) is 1.89. The highest BCUT2D eigenvalue weighted by Gasteiger charge is 2.17. The van der Waals surface area contributed by atoms with E-state index in [0.717, 1.165) is 21.3 Å². The number of halogens is 1. The van der Waals surface area contributed by atoms with E-state index in [4.69, 9.17) is 33.7 Å². The van der Waals surface area contributed by atoms with Crippen LogP contribution in [0.1, 0.15) is 25.6 Å². The Hall–Kier alpha value is -2.68. The topological polar surface area (TPSA) is 87.7 Å². The lowest BCUT2D eigenvalue weighted by atomic mass is 10.1. The summed E-state index contributed by atoms with van der Waals surface area (Å²) in [4.78, 5) is 23.0. The number of carbonyl (C=O) groups is 2. The second-order valence-electron chi connectivity index (χ2n) is 5.76. The fourth-order valence-corrected chi connectivity index (χ4v) is 4.15. The SMILES string of the molecule is COC(=O)c1sc2cc(NC(=S)NCc3ccc(C(=O)O)cc3)ccc2c1Cl. The summed E-state index contributed by atoms with van der Waals surface area (Å²) in [5, 5.41) is 16.6. The van der Waals surface area contributed by atoms with Gasteiger partial charge < -0.3 is 20.5 Å². The molecule has 3 N–H and O–H groups in total. The smallest absolute Gasteiger partial charge is 0.349 e. The van der Waals surface area contributed by atoms with E-state index < -0.39 is 11.9 Å². The Morgan fingerprint density at radius 2 is 1.93 bits per heavy atom. The van der Waals surface area contributed by atoms with Gasteiger partial charge in [0.05, 0.1) is 17.7 Å². The highest BCUT2D eigenvalue weighted by atomic mass is 35.5. The first-order chi connectivity index (χ1) is 13.4. The van der Waals surface area contributed by atoms with E-state index in [0.29, 0.717) is 21.6 Å². The first kappa shape index (κ1) is 20.1. The van der Waals surface area contributed by atoms with E-state index in [1.165, 1.54) is 18.4 Å². The van der Waals surface area contributed by atoms with Gasteiger partial charge in [0.2, 0.25) is 0 Å². The highest BCUT2D eigenvalue weighted by Crippen LogP contribution is 2.37. The monoisotopic (exact) mass is 434 g/mol. The maximum atomic E-state index is 11.8. The van der Waals surface area contributed by atoms with E-state index in [1.54, 1.807) is 24.3 Å². The number of fused-ring (bicyclic) bond motifs is 1. The van der Waals surface area contributed by atoms with Crippen LogP contribution in [-0.4, -0.2) is 29.3 Å². The molecule has 144 valence electrons. The van der Waals surface area contributed by atoms with Gasteiger partial charge in [-0.3, -0.25) is 0 Å². The Labute approximate surface area is 175 Å². The normalized spacial score (nSPS) is 10.5. The maximum absolute atomic E-state index is 11.8. The van der Waals surface area contributed by atoms with E-state index in [2.05, 4.69) is 10.6 Å². The van der Waals surface area contributed by atoms with Crippen molar-refractivity contribution in [3.63, 3.8) is 0 Å². The van der Waals surface area contributed by atoms with Crippen molar-refractivity contribution in [3.8, 4) is 0 Å². The van der Waals surface area contributed by atoms with E-state index >= 15 is 0 Å². The van der Waals surface area contributed by atoms with Gasteiger partial charge in [-0.2, -0.15) is 0 Å². The molecule has 0 radical (unpaired) electrons. The van der Waals surface area contributed by atoms with E-state index in [-0.39, 0.29) is 5.56 Å². The second kappa shape index (κ2) is 8.55. The van der Waals surface area contributed by atoms with Crippen molar-refractivity contribution in [3.05, 3.63) is 63.5 Å². The van der Waals surface area contributed by atoms with Crippen LogP contribution in [0, 0.1) is 0 Å². The molecule has 0 bridgehead atoms. The van der Waals surface area contributed by atoms with Gasteiger partial charge in [-0.15, -0.1) is 11.3 Å². The Morgan fingerprint density at radius 1 is 1.21 bits per heavy atom. The Bertz CT molecular complexity index is 1060. The number of thiocarbonyl (C=S) groups is 1. The number of carboxylic acid groups (broad SMARTS) is 1. The Morgan fingerprint density at radius 3 is 2.57 bits per heavy atom. The van der Waals surface area contributed by atoms with E-state index in [1.807, 2.05) is 18.2 Å². The third kappa shape index (κ3) is 4.41. The summed E-state index contributed by atoms with van der Waals surface area (Å²) in [6, 6.07) is 12.0. The summed E-state index contributed by atoms with van der Waals surface area (Å²) in [5.74, 6) is -1.43. The zero-order chi connectivity index (χ0) is 20.3. The van der Waals surface area contributed by atoms with Crippen molar-refractivity contribution < 1.29 is 19.4 Å². The van der Waals surface area contributed by atoms with Crippen molar-refractivity contribution in [2.24, 2.45) is 0 Å². The molecule has 0 atom stereocenters. The number of ether oxygens (including phenoxy) is 1. The predicted molar refractivity (Wildman–Crippen MR) is 115 cm³/mol. The molecule has 0 aliphatic heterocycles. The lowest BCUT2D eigenvalue weighted by Gasteiger charge is -2.11. The number of benzene rings is 2. The molecule has 6 nitrogen and oxygen atoms in total. The van der Waals surface area contributed by atoms with Crippen molar-refractivity contribution in [1.82, 2.24) is 5.32 Å². The molecule has 0 unspecified atom stereocenters. The minimum atomic E-state index is -0.962. The number of hydrogen-bond acceptors (Lipinski definition) is 5. The van der Waals surface area contributed by atoms with Crippen LogP contribution >= 0.6 is 35.2 Å². The second-order valence-corrected chi connectivity index (χ2v) is 7.60. The average Bonchev–Trinajstić information content (AvgIpc) is 3.02. The lowest BCUT2D eigenvalue weighted by molar-refractivity contribution is 0.0605. The van der Waals surface area contributed by atoms with Crippen molar-refractivity contribution in [2.75, 3.05) is 12.4 Å². The quantitative estimate of drug-likeness (QED) is 0.401. The van der Waals surface area contributed by atoms with Crippen molar-refractivity contribution in [2.45, 2.75) is 6.54 Å². The van der Waals surface area contributed by atoms with Crippen LogP contribution in [0.2, 0.25) is 5.02 Å². The summed E-state index contributed by atoms with van der Waals surface area (Å²) in [7, 11) is 1.31. The van der Waals surface area contributed by atoms with Crippen LogP contribution in [0.15, 0.2) is 42.5 Å². The van der Waals surface area contributed by atoms with Gasteiger partial charge in [-0.1, -0.05) is 23.7 Å². The number of anilines is 1. The minimum Gasteiger partial charge on any atom is -0.478 e. The molecule has 0 aliphatic rings. The maximum Gasteiger partial charge on any atom is 0.349 e. The zero-order valence-electron chi connectivity index (χ0n) is 14.6. The number of thiophene rings is 1. The fourth-order valence-electron chi connectivity index (χ4n) is 2.49. The third-order valence-corrected chi connectivity index (χ3v) is 5.80. The number of nitrogens with one attached hydrogen (secondary N) is 2. The van der Waals surface area contributed by atoms with Gasteiger partial charge in [0.1, 0.15) is 4.88 Å². The molecule has 1 aromatic heterocycles. The number of rotatable bonds is 5. The highest BCUT2D eigenvalue weighted by molar-refractivity contribution is 7.80. The summed E-state index contributed by atoms with van der Waals surface area (Å²) in [6.07, 6.45) is 0. The average molecular weight is 435 g/mol. The molecular formula is C19H15ClN2O4S2. The lowest BCUT2D eigenvalue weighted by Crippen LogP contribution is -2.27. The summed E-state index contributed by atoms with van der Waals surface area (Å²) in [6.45, 7) is 0.450. The van der Waals surface area contributed by atoms with Crippen LogP contribution in [0.4, 0.5) is 5.69 Å². The number of carbonyl (C=O) groups excluding carboxylic acids is 1. The molecule has 3 rings (SSSR count). The van der Waals surface area contributed by atoms with Gasteiger partial charge in [-0.25, -0.2) is 9.59 Å². The third-order valence-electron chi connectivity index (χ3n) is 3.91. The molecule has 0 spiro atoms. The largest absolute Gasteiger partial charge is 0.478 e. The van der Waals surface area contributed by atoms with E-state index in [9.17, 15) is 9.59 Å². The molecule has 1 heterocycles. The van der Waals surface area contributed by atoms with Crippen molar-refractivity contribution >= 4 is 68.0 Å². The number of methoxy groups -OCH3 is 1. The molecule has 0 saturated carbocycles. The summed E-state index contributed by atoms with van der Waals surface area (Å²) >= 11 is 12.8. The fraction of sp³-hybridized carbons (Fsp3) is 0.105. The first-order valence-electron chi connectivity index (χ1n) is 8.06. The molecule has 0 fully saturated rings. The minimum absolute atomic E-state index is 0.235. The van der Waals surface area contributed by atoms with Gasteiger partial charge in [0.25, 0.3) is 0 Å². The number of carboxylic acids is 1. The van der Waals surface area contributed by atoms with Crippen LogP contribution < -0.4 is 10.6 Å². The van der Waals surface area contributed by atoms with Crippen molar-refractivity contribution in [1.29, 1.82) is 0 Å². The molecule has 2 aromatic carbocycles. The number of aromatic carboxylic acids is 1. The summed E-state index contributed by atoms with van der Waals surface area (Å²) < 4.78 is 5.58. The Kier molecular flexibility index (Phi) is 6.13. The van der Waals surface area contributed by atoms with Crippen LogP contribution in [-0.2, 0) is 11.3 Å². The van der Waals surface area contributed by atoms with Gasteiger partial charge in [0.15, 0.2) is 5.11 Å². The number of hydrogen-bond donors (Lipinski definition) is 3. The predicted octanol–water partition coefficient (Wildman–Crippen LogP) is 4.53. The number of esters is 1. The van der Waals surface area contributed by atoms with Gasteiger partial charge in [-0.05, 0) is 48.1 Å². The molecule has 0 amide bonds. The van der Waals surface area contributed by atoms with Crippen LogP contribution in [0.3, 0.4) is 0 Å². The Balaban J connectivity index is 1.65. The molecule has 0 aliphatic carbocycles. The first-order valence-corrected chi connectivity index (χ1v) is 9.66. The molecular weight excluding hydrogens is 420 g/mol. The molecule has 0 saturated heterocycles. The van der Waals surface area contributed by atoms with Gasteiger partial charge >= 0.3 is 11.9 Å².